The van der Waals surface area contributed by atoms with Crippen LogP contribution in [0.3, 0.4) is 0 Å². The molecule has 0 amide bonds. The van der Waals surface area contributed by atoms with Crippen LogP contribution in [0.25, 0.3) is 0 Å². The molecule has 15 nitrogen and oxygen atoms in total. The average molecular weight is 806 g/mol. The van der Waals surface area contributed by atoms with Gasteiger partial charge >= 0.3 is 5.97 Å². The van der Waals surface area contributed by atoms with E-state index in [-0.39, 0.29) is 43.9 Å². The highest BCUT2D eigenvalue weighted by molar-refractivity contribution is 5.73. The Balaban J connectivity index is 2.16. The highest BCUT2D eigenvalue weighted by atomic mass is 16.7. The van der Waals surface area contributed by atoms with Crippen LogP contribution in [0.2, 0.25) is 0 Å². The van der Waals surface area contributed by atoms with Crippen LogP contribution in [0, 0.1) is 17.8 Å². The topological polar surface area (TPSA) is 201 Å². The molecular formula is C41H79N3O12. The van der Waals surface area contributed by atoms with Gasteiger partial charge < -0.3 is 69.5 Å². The summed E-state index contributed by atoms with van der Waals surface area (Å²) in [5, 5.41) is 65.8. The van der Waals surface area contributed by atoms with Gasteiger partial charge in [0.25, 0.3) is 0 Å². The summed E-state index contributed by atoms with van der Waals surface area (Å²) in [6, 6.07) is -0.877. The predicted octanol–water partition coefficient (Wildman–Crippen LogP) is 1.93. The van der Waals surface area contributed by atoms with E-state index in [1.807, 2.05) is 53.6 Å². The molecule has 56 heavy (non-hydrogen) atoms. The van der Waals surface area contributed by atoms with Crippen molar-refractivity contribution in [2.24, 2.45) is 17.8 Å². The molecule has 18 atom stereocenters. The van der Waals surface area contributed by atoms with Crippen molar-refractivity contribution < 1.29 is 58.7 Å². The smallest absolute Gasteiger partial charge is 0.311 e. The van der Waals surface area contributed by atoms with Gasteiger partial charge in [0.05, 0.1) is 35.9 Å². The zero-order valence-electron chi connectivity index (χ0n) is 36.8. The molecule has 0 radical (unpaired) electrons. The summed E-state index contributed by atoms with van der Waals surface area (Å²) >= 11 is 0. The largest absolute Gasteiger partial charge is 0.459 e. The molecule has 3 heterocycles. The summed E-state index contributed by atoms with van der Waals surface area (Å²) < 4.78 is 38.3. The van der Waals surface area contributed by atoms with E-state index < -0.39 is 95.5 Å². The fourth-order valence-corrected chi connectivity index (χ4v) is 9.21. The van der Waals surface area contributed by atoms with Crippen molar-refractivity contribution in [2.75, 3.05) is 40.8 Å². The van der Waals surface area contributed by atoms with E-state index in [0.29, 0.717) is 19.5 Å². The van der Waals surface area contributed by atoms with Gasteiger partial charge in [-0.25, -0.2) is 0 Å². The number of ether oxygens (including phenoxy) is 6. The number of esters is 1. The van der Waals surface area contributed by atoms with Crippen LogP contribution in [-0.2, 0) is 33.2 Å². The number of hydrogen-bond donors (Lipinski definition) is 7. The second kappa shape index (κ2) is 20.0. The van der Waals surface area contributed by atoms with Gasteiger partial charge in [-0.05, 0) is 107 Å². The number of aliphatic hydroxyl groups excluding tert-OH is 2. The Morgan fingerprint density at radius 1 is 0.964 bits per heavy atom. The first-order valence-corrected chi connectivity index (χ1v) is 20.9. The molecule has 15 heteroatoms. The van der Waals surface area contributed by atoms with Crippen molar-refractivity contribution in [2.45, 2.75) is 198 Å². The van der Waals surface area contributed by atoms with Crippen molar-refractivity contribution in [1.82, 2.24) is 15.5 Å². The molecule has 0 aromatic rings. The minimum Gasteiger partial charge on any atom is -0.459 e. The number of carbonyl (C=O) groups excluding carboxylic acids is 1. The first-order valence-electron chi connectivity index (χ1n) is 20.9. The van der Waals surface area contributed by atoms with Gasteiger partial charge in [0.1, 0.15) is 35.1 Å². The lowest BCUT2D eigenvalue weighted by atomic mass is 9.75. The van der Waals surface area contributed by atoms with Gasteiger partial charge in [-0.15, -0.1) is 0 Å². The maximum absolute atomic E-state index is 14.3. The van der Waals surface area contributed by atoms with E-state index in [1.54, 1.807) is 34.6 Å². The quantitative estimate of drug-likeness (QED) is 0.118. The van der Waals surface area contributed by atoms with Crippen molar-refractivity contribution in [3.05, 3.63) is 0 Å². The number of cyclic esters (lactones) is 1. The van der Waals surface area contributed by atoms with Gasteiger partial charge in [0.15, 0.2) is 12.6 Å². The molecule has 3 rings (SSSR count). The summed E-state index contributed by atoms with van der Waals surface area (Å²) in [4.78, 5) is 16.2. The van der Waals surface area contributed by atoms with E-state index in [2.05, 4.69) is 10.6 Å². The van der Waals surface area contributed by atoms with E-state index in [1.165, 1.54) is 14.0 Å². The molecule has 3 saturated heterocycles. The first kappa shape index (κ1) is 49.3. The molecule has 0 bridgehead atoms. The maximum atomic E-state index is 14.3. The van der Waals surface area contributed by atoms with E-state index in [0.717, 1.165) is 6.42 Å². The molecule has 3 aliphatic heterocycles. The number of nitrogens with one attached hydrogen (secondary N) is 2. The normalized spacial score (nSPS) is 47.9. The molecule has 7 N–H and O–H groups in total. The number of carbonyl (C=O) groups is 1. The second-order valence-electron chi connectivity index (χ2n) is 18.2. The second-order valence-corrected chi connectivity index (χ2v) is 18.2. The summed E-state index contributed by atoms with van der Waals surface area (Å²) in [5.74, 6) is -2.66. The van der Waals surface area contributed by atoms with Crippen LogP contribution in [0.1, 0.15) is 108 Å². The summed E-state index contributed by atoms with van der Waals surface area (Å²) in [6.45, 7) is 20.9. The molecule has 0 spiro atoms. The standard InChI is InChI=1S/C41H79N3O12/c1-15-17-42-22-41(50)28(8)53-31(20-39(41,10)51-14)55-33-25(5)35(56-37-32(45)29(44(12)13)18-24(4)52-37)38(9,48)19-23(3)21-43-27(7)34(46)40(11,49)30(16-2)54-36(47)26(33)6/h23-35,37,42-43,45-46,48-50H,15-22H2,1-14H3/t23-,24-,25+,26-,27-,28+,29+,30-,31+,32-,33+,34-,35-,37+,38+,39-,40-,41+/m1/s1. The number of likely N-dealkylation sites (N-methyl/N-ethyl adjacent to an activating group) is 1. The lowest BCUT2D eigenvalue weighted by Crippen LogP contribution is -2.70. The third-order valence-electron chi connectivity index (χ3n) is 13.0. The minimum atomic E-state index is -1.81. The molecule has 0 unspecified atom stereocenters. The number of methoxy groups -OCH3 is 1. The monoisotopic (exact) mass is 806 g/mol. The third-order valence-corrected chi connectivity index (χ3v) is 13.0. The predicted molar refractivity (Wildman–Crippen MR) is 212 cm³/mol. The molecule has 0 aromatic carbocycles. The molecule has 0 aromatic heterocycles. The highest BCUT2D eigenvalue weighted by Gasteiger charge is 2.58. The highest BCUT2D eigenvalue weighted by Crippen LogP contribution is 2.43. The zero-order chi connectivity index (χ0) is 42.6. The van der Waals surface area contributed by atoms with E-state index >= 15 is 0 Å². The fourth-order valence-electron chi connectivity index (χ4n) is 9.21. The number of hydrogen-bond acceptors (Lipinski definition) is 15. The Hall–Kier alpha value is -1.05. The van der Waals surface area contributed by atoms with Crippen LogP contribution >= 0.6 is 0 Å². The van der Waals surface area contributed by atoms with Gasteiger partial charge in [-0.3, -0.25) is 4.79 Å². The molecule has 0 saturated carbocycles. The van der Waals surface area contributed by atoms with Crippen LogP contribution < -0.4 is 10.6 Å². The van der Waals surface area contributed by atoms with Crippen LogP contribution in [0.15, 0.2) is 0 Å². The molecular weight excluding hydrogens is 726 g/mol. The van der Waals surface area contributed by atoms with Gasteiger partial charge in [-0.2, -0.15) is 0 Å². The van der Waals surface area contributed by atoms with Crippen molar-refractivity contribution >= 4 is 5.97 Å². The van der Waals surface area contributed by atoms with Crippen molar-refractivity contribution in [3.63, 3.8) is 0 Å². The van der Waals surface area contributed by atoms with Gasteiger partial charge in [-0.1, -0.05) is 27.7 Å². The lowest BCUT2D eigenvalue weighted by molar-refractivity contribution is -0.336. The van der Waals surface area contributed by atoms with E-state index in [4.69, 9.17) is 28.4 Å². The molecule has 330 valence electrons. The molecule has 3 aliphatic rings. The summed E-state index contributed by atoms with van der Waals surface area (Å²) in [5.41, 5.74) is -5.95. The Labute approximate surface area is 336 Å². The SMILES string of the molecule is CCCNC[C@]1(O)[C@H](C)O[C@@H](O[C@H]2[C@H](C)[C@@H](O[C@@H]3O[C@H](C)C[C@H](N(C)C)[C@H]3O)[C@@](C)(O)C[C@@H](C)CN[C@H](C)[C@@H](O)[C@](C)(O)[C@@H](CC)OC(=O)[C@@H]2C)C[C@@]1(C)OC. The van der Waals surface area contributed by atoms with Crippen LogP contribution in [-0.4, -0.2) is 167 Å². The Morgan fingerprint density at radius 3 is 2.18 bits per heavy atom. The molecule has 0 aliphatic carbocycles. The lowest BCUT2D eigenvalue weighted by Gasteiger charge is -2.53. The number of nitrogens with zero attached hydrogens (tertiary/aromatic N) is 1. The average Bonchev–Trinajstić information content (AvgIpc) is 3.12. The molecule has 3 fully saturated rings. The summed E-state index contributed by atoms with van der Waals surface area (Å²) in [7, 11) is 5.31. The number of aliphatic hydroxyl groups is 5. The van der Waals surface area contributed by atoms with Crippen molar-refractivity contribution in [1.29, 1.82) is 0 Å². The zero-order valence-corrected chi connectivity index (χ0v) is 36.8. The van der Waals surface area contributed by atoms with Crippen LogP contribution in [0.5, 0.6) is 0 Å². The first-order chi connectivity index (χ1) is 25.9. The fraction of sp³-hybridized carbons (Fsp3) is 0.976. The van der Waals surface area contributed by atoms with Crippen LogP contribution in [0.4, 0.5) is 0 Å². The van der Waals surface area contributed by atoms with Gasteiger partial charge in [0.2, 0.25) is 0 Å². The Kier molecular flexibility index (Phi) is 17.6. The third kappa shape index (κ3) is 11.0. The Morgan fingerprint density at radius 2 is 1.61 bits per heavy atom. The van der Waals surface area contributed by atoms with Gasteiger partial charge in [0, 0.05) is 38.1 Å². The summed E-state index contributed by atoms with van der Waals surface area (Å²) in [6.07, 6.45) is -6.71. The van der Waals surface area contributed by atoms with Crippen molar-refractivity contribution in [3.8, 4) is 0 Å². The number of rotatable bonds is 11. The minimum absolute atomic E-state index is 0.0939. The Bertz CT molecular complexity index is 1230. The van der Waals surface area contributed by atoms with E-state index in [9.17, 15) is 30.3 Å². The maximum Gasteiger partial charge on any atom is 0.311 e.